The predicted octanol–water partition coefficient (Wildman–Crippen LogP) is 2.60. The second kappa shape index (κ2) is 9.23. The van der Waals surface area contributed by atoms with E-state index in [0.717, 1.165) is 36.6 Å². The van der Waals surface area contributed by atoms with Crippen molar-refractivity contribution in [2.45, 2.75) is 45.8 Å². The molecule has 3 heterocycles. The number of carbonyl (C=O) groups is 1. The average molecular weight is 462 g/mol. The van der Waals surface area contributed by atoms with Crippen LogP contribution in [0.25, 0.3) is 10.3 Å². The molecule has 31 heavy (non-hydrogen) atoms. The maximum absolute atomic E-state index is 13.1. The molecular weight excluding hydrogens is 438 g/mol. The minimum absolute atomic E-state index is 0.198. The van der Waals surface area contributed by atoms with Crippen molar-refractivity contribution >= 4 is 44.3 Å². The molecule has 1 fully saturated rings. The third kappa shape index (κ3) is 4.52. The Hall–Kier alpha value is -2.65. The number of benzene rings is 1. The van der Waals surface area contributed by atoms with Crippen LogP contribution in [0, 0.1) is 0 Å². The lowest BCUT2D eigenvalue weighted by molar-refractivity contribution is -0.121. The van der Waals surface area contributed by atoms with Gasteiger partial charge in [0.1, 0.15) is 11.2 Å². The van der Waals surface area contributed by atoms with Crippen LogP contribution in [0.3, 0.4) is 0 Å². The van der Waals surface area contributed by atoms with Crippen molar-refractivity contribution in [3.8, 4) is 0 Å². The van der Waals surface area contributed by atoms with Crippen LogP contribution in [0.1, 0.15) is 31.7 Å². The predicted molar refractivity (Wildman–Crippen MR) is 123 cm³/mol. The minimum atomic E-state index is -0.501. The van der Waals surface area contributed by atoms with Gasteiger partial charge in [-0.1, -0.05) is 42.0 Å². The molecular formula is C21H24ClN5O3S. The second-order valence-electron chi connectivity index (χ2n) is 7.57. The highest BCUT2D eigenvalue weighted by atomic mass is 35.5. The van der Waals surface area contributed by atoms with Crippen LogP contribution in [0.15, 0.2) is 33.9 Å². The Labute approximate surface area is 188 Å². The van der Waals surface area contributed by atoms with Crippen LogP contribution in [-0.4, -0.2) is 33.1 Å². The van der Waals surface area contributed by atoms with E-state index in [0.29, 0.717) is 29.2 Å². The molecule has 0 radical (unpaired) electrons. The lowest BCUT2D eigenvalue weighted by Crippen LogP contribution is -2.42. The maximum atomic E-state index is 13.1. The molecule has 0 atom stereocenters. The second-order valence-corrected chi connectivity index (χ2v) is 8.99. The molecule has 0 bridgehead atoms. The molecule has 2 aromatic heterocycles. The lowest BCUT2D eigenvalue weighted by Gasteiger charge is -2.12. The highest BCUT2D eigenvalue weighted by molar-refractivity contribution is 7.22. The normalized spacial score (nSPS) is 13.8. The molecule has 3 aromatic rings. The number of anilines is 1. The summed E-state index contributed by atoms with van der Waals surface area (Å²) in [5, 5.41) is 4.18. The molecule has 4 rings (SSSR count). The number of hydrogen-bond acceptors (Lipinski definition) is 6. The number of fused-ring (bicyclic) bond motifs is 1. The highest BCUT2D eigenvalue weighted by Crippen LogP contribution is 2.28. The molecule has 0 unspecified atom stereocenters. The van der Waals surface area contributed by atoms with E-state index in [2.05, 4.69) is 15.2 Å². The number of rotatable bonds is 7. The number of thiazole rings is 1. The van der Waals surface area contributed by atoms with Crippen molar-refractivity contribution in [3.05, 3.63) is 55.7 Å². The number of carbonyl (C=O) groups excluding carboxylic acids is 1. The van der Waals surface area contributed by atoms with E-state index in [9.17, 15) is 14.4 Å². The Bertz CT molecular complexity index is 1210. The van der Waals surface area contributed by atoms with E-state index >= 15 is 0 Å². The van der Waals surface area contributed by atoms with Crippen molar-refractivity contribution in [3.63, 3.8) is 0 Å². The van der Waals surface area contributed by atoms with Crippen LogP contribution < -0.4 is 21.5 Å². The molecule has 0 saturated carbocycles. The summed E-state index contributed by atoms with van der Waals surface area (Å²) in [5.74, 6) is -0.323. The molecule has 1 aliphatic heterocycles. The summed E-state index contributed by atoms with van der Waals surface area (Å²) in [7, 11) is 0. The number of aromatic nitrogens is 3. The molecule has 8 nitrogen and oxygen atoms in total. The van der Waals surface area contributed by atoms with Gasteiger partial charge in [0.25, 0.3) is 5.56 Å². The first-order valence-electron chi connectivity index (χ1n) is 10.4. The summed E-state index contributed by atoms with van der Waals surface area (Å²) in [4.78, 5) is 45.4. The fraction of sp³-hybridized carbons (Fsp3) is 0.429. The van der Waals surface area contributed by atoms with Crippen molar-refractivity contribution in [1.29, 1.82) is 0 Å². The van der Waals surface area contributed by atoms with Gasteiger partial charge in [-0.15, -0.1) is 0 Å². The summed E-state index contributed by atoms with van der Waals surface area (Å²) in [6.45, 7) is 4.09. The zero-order valence-electron chi connectivity index (χ0n) is 17.3. The van der Waals surface area contributed by atoms with Gasteiger partial charge >= 0.3 is 5.69 Å². The van der Waals surface area contributed by atoms with E-state index in [-0.39, 0.29) is 23.7 Å². The molecule has 0 aliphatic carbocycles. The van der Waals surface area contributed by atoms with E-state index in [1.807, 2.05) is 19.1 Å². The van der Waals surface area contributed by atoms with E-state index in [4.69, 9.17) is 11.6 Å². The SMILES string of the molecule is CCCn1c(=O)c2sc(N3CCCC3)nc2n(CC(=O)NCc2ccc(Cl)cc2)c1=O. The average Bonchev–Trinajstić information content (AvgIpc) is 3.44. The topological polar surface area (TPSA) is 89.2 Å². The van der Waals surface area contributed by atoms with E-state index in [1.165, 1.54) is 20.5 Å². The molecule has 1 N–H and O–H groups in total. The monoisotopic (exact) mass is 461 g/mol. The first-order chi connectivity index (χ1) is 15.0. The van der Waals surface area contributed by atoms with E-state index < -0.39 is 5.69 Å². The smallest absolute Gasteiger partial charge is 0.333 e. The van der Waals surface area contributed by atoms with Gasteiger partial charge in [0.15, 0.2) is 10.8 Å². The summed E-state index contributed by atoms with van der Waals surface area (Å²) >= 11 is 7.19. The van der Waals surface area contributed by atoms with Gasteiger partial charge in [0, 0.05) is 31.2 Å². The van der Waals surface area contributed by atoms with E-state index in [1.54, 1.807) is 12.1 Å². The quantitative estimate of drug-likeness (QED) is 0.584. The first kappa shape index (κ1) is 21.6. The molecule has 10 heteroatoms. The number of hydrogen-bond donors (Lipinski definition) is 1. The highest BCUT2D eigenvalue weighted by Gasteiger charge is 2.22. The van der Waals surface area contributed by atoms with Gasteiger partial charge in [-0.25, -0.2) is 9.78 Å². The maximum Gasteiger partial charge on any atom is 0.333 e. The van der Waals surface area contributed by atoms with Crippen molar-refractivity contribution in [2.75, 3.05) is 18.0 Å². The van der Waals surface area contributed by atoms with Crippen LogP contribution in [0.4, 0.5) is 5.13 Å². The van der Waals surface area contributed by atoms with Crippen LogP contribution >= 0.6 is 22.9 Å². The largest absolute Gasteiger partial charge is 0.350 e. The van der Waals surface area contributed by atoms with Crippen LogP contribution in [-0.2, 0) is 24.4 Å². The molecule has 1 aromatic carbocycles. The summed E-state index contributed by atoms with van der Waals surface area (Å²) in [6.07, 6.45) is 2.80. The Morgan fingerprint density at radius 1 is 1.16 bits per heavy atom. The van der Waals surface area contributed by atoms with Gasteiger partial charge in [0.2, 0.25) is 5.91 Å². The summed E-state index contributed by atoms with van der Waals surface area (Å²) < 4.78 is 2.95. The number of nitrogens with zero attached hydrogens (tertiary/aromatic N) is 4. The van der Waals surface area contributed by atoms with Crippen LogP contribution in [0.2, 0.25) is 5.02 Å². The molecule has 1 amide bonds. The van der Waals surface area contributed by atoms with Crippen LogP contribution in [0.5, 0.6) is 0 Å². The third-order valence-corrected chi connectivity index (χ3v) is 6.63. The van der Waals surface area contributed by atoms with Gasteiger partial charge in [0.05, 0.1) is 0 Å². The van der Waals surface area contributed by atoms with Crippen molar-refractivity contribution in [1.82, 2.24) is 19.4 Å². The van der Waals surface area contributed by atoms with Gasteiger partial charge < -0.3 is 10.2 Å². The van der Waals surface area contributed by atoms with Gasteiger partial charge in [-0.05, 0) is 37.0 Å². The first-order valence-corrected chi connectivity index (χ1v) is 11.6. The molecule has 0 spiro atoms. The Balaban J connectivity index is 1.65. The number of nitrogens with one attached hydrogen (secondary N) is 1. The van der Waals surface area contributed by atoms with Gasteiger partial charge in [-0.3, -0.25) is 18.7 Å². The minimum Gasteiger partial charge on any atom is -0.350 e. The number of amides is 1. The van der Waals surface area contributed by atoms with Crippen molar-refractivity contribution < 1.29 is 4.79 Å². The summed E-state index contributed by atoms with van der Waals surface area (Å²) in [5.41, 5.74) is 0.356. The molecule has 164 valence electrons. The number of halogens is 1. The Kier molecular flexibility index (Phi) is 6.43. The zero-order valence-corrected chi connectivity index (χ0v) is 18.8. The Morgan fingerprint density at radius 2 is 1.87 bits per heavy atom. The van der Waals surface area contributed by atoms with Gasteiger partial charge in [-0.2, -0.15) is 0 Å². The Morgan fingerprint density at radius 3 is 2.55 bits per heavy atom. The standard InChI is InChI=1S/C21H24ClN5O3S/c1-2-9-26-19(29)17-18(24-20(31-17)25-10-3-4-11-25)27(21(26)30)13-16(28)23-12-14-5-7-15(22)8-6-14/h5-8H,2-4,9-13H2,1H3,(H,23,28). The fourth-order valence-corrected chi connectivity index (χ4v) is 4.88. The fourth-order valence-electron chi connectivity index (χ4n) is 3.68. The summed E-state index contributed by atoms with van der Waals surface area (Å²) in [6, 6.07) is 7.17. The van der Waals surface area contributed by atoms with Crippen molar-refractivity contribution in [2.24, 2.45) is 0 Å². The third-order valence-electron chi connectivity index (χ3n) is 5.28. The molecule has 1 saturated heterocycles. The zero-order chi connectivity index (χ0) is 22.0. The lowest BCUT2D eigenvalue weighted by atomic mass is 10.2. The molecule has 1 aliphatic rings.